The average Bonchev–Trinajstić information content (AvgIpc) is 3.26. The van der Waals surface area contributed by atoms with Gasteiger partial charge in [0.2, 0.25) is 10.0 Å². The molecular formula is C23H20ClFN2O4S. The lowest BCUT2D eigenvalue weighted by molar-refractivity contribution is 0.0695. The standard InChI is InChI=1S/C23H20ClFN2O4S/c24-16-5-3-15(4-6-16)14-21-19(23(28)29)11-12-20(26-21)22-2-1-13-27(22)32(30,31)18-9-7-17(25)8-10-18/h3-12,22H,1-2,13-14H2,(H,28,29)/t22-/m1/s1. The SMILES string of the molecule is O=C(O)c1ccc([C@H]2CCCN2S(=O)(=O)c2ccc(F)cc2)nc1Cc1ccc(Cl)cc1. The van der Waals surface area contributed by atoms with Crippen molar-refractivity contribution in [2.45, 2.75) is 30.2 Å². The number of sulfonamides is 1. The molecule has 0 radical (unpaired) electrons. The average molecular weight is 475 g/mol. The number of carbonyl (C=O) groups is 1. The molecule has 1 aromatic heterocycles. The molecule has 0 unspecified atom stereocenters. The molecule has 1 saturated heterocycles. The molecule has 1 atom stereocenters. The molecule has 2 heterocycles. The van der Waals surface area contributed by atoms with Crippen LogP contribution in [0, 0.1) is 5.82 Å². The second-order valence-corrected chi connectivity index (χ2v) is 9.89. The van der Waals surface area contributed by atoms with Crippen LogP contribution < -0.4 is 0 Å². The largest absolute Gasteiger partial charge is 0.478 e. The van der Waals surface area contributed by atoms with Crippen molar-refractivity contribution in [3.8, 4) is 0 Å². The van der Waals surface area contributed by atoms with Crippen molar-refractivity contribution >= 4 is 27.6 Å². The predicted molar refractivity (Wildman–Crippen MR) is 118 cm³/mol. The Morgan fingerprint density at radius 1 is 1.09 bits per heavy atom. The first kappa shape index (κ1) is 22.4. The normalized spacial score (nSPS) is 16.9. The monoisotopic (exact) mass is 474 g/mol. The Morgan fingerprint density at radius 2 is 1.78 bits per heavy atom. The van der Waals surface area contributed by atoms with Gasteiger partial charge in [0.15, 0.2) is 0 Å². The lowest BCUT2D eigenvalue weighted by atomic mass is 10.0. The molecule has 0 amide bonds. The number of carboxylic acid groups (broad SMARTS) is 1. The topological polar surface area (TPSA) is 87.6 Å². The summed E-state index contributed by atoms with van der Waals surface area (Å²) in [5, 5.41) is 10.2. The summed E-state index contributed by atoms with van der Waals surface area (Å²) in [6, 6.07) is 14.2. The maximum Gasteiger partial charge on any atom is 0.337 e. The van der Waals surface area contributed by atoms with E-state index < -0.39 is 27.9 Å². The Labute approximate surface area is 190 Å². The summed E-state index contributed by atoms with van der Waals surface area (Å²) >= 11 is 5.93. The number of pyridine rings is 1. The molecule has 6 nitrogen and oxygen atoms in total. The molecule has 1 aliphatic heterocycles. The molecule has 9 heteroatoms. The van der Waals surface area contributed by atoms with Gasteiger partial charge < -0.3 is 5.11 Å². The second kappa shape index (κ2) is 8.97. The third kappa shape index (κ3) is 4.53. The lowest BCUT2D eigenvalue weighted by Gasteiger charge is -2.24. The predicted octanol–water partition coefficient (Wildman–Crippen LogP) is 4.69. The Bertz CT molecular complexity index is 1250. The van der Waals surface area contributed by atoms with Crippen LogP contribution in [0.3, 0.4) is 0 Å². The van der Waals surface area contributed by atoms with Crippen molar-refractivity contribution in [2.75, 3.05) is 6.54 Å². The summed E-state index contributed by atoms with van der Waals surface area (Å²) in [6.07, 6.45) is 1.46. The van der Waals surface area contributed by atoms with Gasteiger partial charge in [-0.3, -0.25) is 4.98 Å². The van der Waals surface area contributed by atoms with E-state index in [1.807, 2.05) is 0 Å². The summed E-state index contributed by atoms with van der Waals surface area (Å²) in [4.78, 5) is 16.3. The Balaban J connectivity index is 1.69. The summed E-state index contributed by atoms with van der Waals surface area (Å²) in [7, 11) is -3.86. The van der Waals surface area contributed by atoms with Gasteiger partial charge in [-0.25, -0.2) is 17.6 Å². The smallest absolute Gasteiger partial charge is 0.337 e. The van der Waals surface area contributed by atoms with Crippen molar-refractivity contribution in [2.24, 2.45) is 0 Å². The van der Waals surface area contributed by atoms with Gasteiger partial charge in [-0.05, 0) is 66.9 Å². The second-order valence-electron chi connectivity index (χ2n) is 7.57. The number of rotatable bonds is 6. The number of hydrogen-bond donors (Lipinski definition) is 1. The van der Waals surface area contributed by atoms with Crippen LogP contribution in [0.2, 0.25) is 5.02 Å². The quantitative estimate of drug-likeness (QED) is 0.560. The van der Waals surface area contributed by atoms with E-state index in [0.717, 1.165) is 17.7 Å². The molecule has 0 bridgehead atoms. The van der Waals surface area contributed by atoms with Gasteiger partial charge in [-0.2, -0.15) is 4.31 Å². The minimum Gasteiger partial charge on any atom is -0.478 e. The fourth-order valence-corrected chi connectivity index (χ4v) is 5.69. The number of nitrogens with zero attached hydrogens (tertiary/aromatic N) is 2. The minimum absolute atomic E-state index is 0.00865. The van der Waals surface area contributed by atoms with Crippen molar-refractivity contribution in [3.05, 3.63) is 94.0 Å². The number of halogens is 2. The van der Waals surface area contributed by atoms with Gasteiger partial charge in [0.1, 0.15) is 5.82 Å². The van der Waals surface area contributed by atoms with Gasteiger partial charge in [0, 0.05) is 18.0 Å². The van der Waals surface area contributed by atoms with E-state index in [-0.39, 0.29) is 16.9 Å². The Kier molecular flexibility index (Phi) is 6.28. The zero-order valence-corrected chi connectivity index (χ0v) is 18.5. The van der Waals surface area contributed by atoms with Crippen molar-refractivity contribution in [1.82, 2.24) is 9.29 Å². The third-order valence-electron chi connectivity index (χ3n) is 5.48. The molecule has 1 aliphatic rings. The minimum atomic E-state index is -3.86. The van der Waals surface area contributed by atoms with E-state index in [4.69, 9.17) is 11.6 Å². The number of aromatic nitrogens is 1. The van der Waals surface area contributed by atoms with Crippen LogP contribution in [0.1, 0.15) is 46.2 Å². The Hall–Kier alpha value is -2.81. The van der Waals surface area contributed by atoms with E-state index >= 15 is 0 Å². The number of aromatic carboxylic acids is 1. The van der Waals surface area contributed by atoms with Crippen molar-refractivity contribution in [3.63, 3.8) is 0 Å². The van der Waals surface area contributed by atoms with Crippen LogP contribution in [-0.4, -0.2) is 35.3 Å². The highest BCUT2D eigenvalue weighted by Gasteiger charge is 2.37. The summed E-state index contributed by atoms with van der Waals surface area (Å²) in [5.41, 5.74) is 1.74. The first-order chi connectivity index (χ1) is 15.3. The third-order valence-corrected chi connectivity index (χ3v) is 7.65. The highest BCUT2D eigenvalue weighted by Crippen LogP contribution is 2.36. The maximum atomic E-state index is 13.3. The number of carboxylic acids is 1. The van der Waals surface area contributed by atoms with Crippen LogP contribution in [0.4, 0.5) is 4.39 Å². The van der Waals surface area contributed by atoms with Crippen molar-refractivity contribution in [1.29, 1.82) is 0 Å². The van der Waals surface area contributed by atoms with E-state index in [1.165, 1.54) is 22.5 Å². The van der Waals surface area contributed by atoms with Crippen LogP contribution in [0.15, 0.2) is 65.6 Å². The fourth-order valence-electron chi connectivity index (χ4n) is 3.89. The molecule has 166 valence electrons. The Morgan fingerprint density at radius 3 is 2.44 bits per heavy atom. The van der Waals surface area contributed by atoms with Gasteiger partial charge in [0.05, 0.1) is 27.9 Å². The van der Waals surface area contributed by atoms with Crippen molar-refractivity contribution < 1.29 is 22.7 Å². The van der Waals surface area contributed by atoms with E-state index in [2.05, 4.69) is 4.98 Å². The van der Waals surface area contributed by atoms with Gasteiger partial charge in [-0.1, -0.05) is 23.7 Å². The van der Waals surface area contributed by atoms with Crippen LogP contribution in [0.5, 0.6) is 0 Å². The van der Waals surface area contributed by atoms with E-state index in [0.29, 0.717) is 35.8 Å². The molecule has 1 N–H and O–H groups in total. The van der Waals surface area contributed by atoms with E-state index in [1.54, 1.807) is 30.3 Å². The molecule has 0 saturated carbocycles. The summed E-state index contributed by atoms with van der Waals surface area (Å²) < 4.78 is 41.0. The molecule has 32 heavy (non-hydrogen) atoms. The number of benzene rings is 2. The zero-order valence-electron chi connectivity index (χ0n) is 16.9. The molecule has 1 fully saturated rings. The first-order valence-electron chi connectivity index (χ1n) is 10.0. The molecule has 2 aromatic carbocycles. The van der Waals surface area contributed by atoms with Crippen LogP contribution >= 0.6 is 11.6 Å². The van der Waals surface area contributed by atoms with Gasteiger partial charge >= 0.3 is 5.97 Å². The van der Waals surface area contributed by atoms with Crippen LogP contribution in [0.25, 0.3) is 0 Å². The zero-order chi connectivity index (χ0) is 22.9. The van der Waals surface area contributed by atoms with Gasteiger partial charge in [0.25, 0.3) is 0 Å². The summed E-state index contributed by atoms with van der Waals surface area (Å²) in [6.45, 7) is 0.305. The molecule has 0 aliphatic carbocycles. The fraction of sp³-hybridized carbons (Fsp3) is 0.217. The van der Waals surface area contributed by atoms with Gasteiger partial charge in [-0.15, -0.1) is 0 Å². The summed E-state index contributed by atoms with van der Waals surface area (Å²) in [5.74, 6) is -1.62. The maximum absolute atomic E-state index is 13.3. The lowest BCUT2D eigenvalue weighted by Crippen LogP contribution is -2.31. The molecule has 0 spiro atoms. The number of hydrogen-bond acceptors (Lipinski definition) is 4. The molecular weight excluding hydrogens is 455 g/mol. The highest BCUT2D eigenvalue weighted by molar-refractivity contribution is 7.89. The highest BCUT2D eigenvalue weighted by atomic mass is 35.5. The van der Waals surface area contributed by atoms with E-state index in [9.17, 15) is 22.7 Å². The molecule has 4 rings (SSSR count). The molecule has 3 aromatic rings. The first-order valence-corrected chi connectivity index (χ1v) is 11.8. The van der Waals surface area contributed by atoms with Crippen LogP contribution in [-0.2, 0) is 16.4 Å².